The Balaban J connectivity index is 2.11. The number of aromatic nitrogens is 2. The monoisotopic (exact) mass is 265 g/mol. The normalized spacial score (nSPS) is 10.7. The van der Waals surface area contributed by atoms with Gasteiger partial charge >= 0.3 is 0 Å². The van der Waals surface area contributed by atoms with Gasteiger partial charge in [0.15, 0.2) is 5.75 Å². The number of hydrogen-bond donors (Lipinski definition) is 1. The molecular weight excluding hydrogens is 250 g/mol. The number of nitrogen functional groups attached to an aromatic ring is 1. The van der Waals surface area contributed by atoms with Crippen LogP contribution in [0.4, 0.5) is 5.69 Å². The topological polar surface area (TPSA) is 61.0 Å². The van der Waals surface area contributed by atoms with Crippen molar-refractivity contribution in [3.05, 3.63) is 53.9 Å². The number of ether oxygens (including phenoxy) is 1. The quantitative estimate of drug-likeness (QED) is 0.768. The molecule has 0 unspecified atom stereocenters. The second-order valence-corrected chi connectivity index (χ2v) is 4.73. The van der Waals surface area contributed by atoms with Crippen molar-refractivity contribution in [2.45, 2.75) is 13.8 Å². The Morgan fingerprint density at radius 2 is 1.90 bits per heavy atom. The number of rotatable bonds is 2. The molecule has 20 heavy (non-hydrogen) atoms. The van der Waals surface area contributed by atoms with E-state index in [9.17, 15) is 0 Å². The van der Waals surface area contributed by atoms with Crippen LogP contribution in [0.5, 0.6) is 11.6 Å². The molecule has 2 aromatic heterocycles. The highest BCUT2D eigenvalue weighted by Crippen LogP contribution is 2.31. The molecule has 0 spiro atoms. The summed E-state index contributed by atoms with van der Waals surface area (Å²) in [6.07, 6.45) is 1.69. The number of nitrogens with two attached hydrogens (primary N) is 1. The third-order valence-corrected chi connectivity index (χ3v) is 3.20. The Morgan fingerprint density at radius 3 is 2.75 bits per heavy atom. The SMILES string of the molecule is Cc1ccc2cccc(Oc3nccc(C)c3N)c2n1. The van der Waals surface area contributed by atoms with Crippen LogP contribution in [-0.4, -0.2) is 9.97 Å². The first kappa shape index (κ1) is 12.4. The minimum absolute atomic E-state index is 0.417. The fraction of sp³-hybridized carbons (Fsp3) is 0.125. The summed E-state index contributed by atoms with van der Waals surface area (Å²) in [5.41, 5.74) is 9.25. The van der Waals surface area contributed by atoms with Crippen molar-refractivity contribution in [1.29, 1.82) is 0 Å². The van der Waals surface area contributed by atoms with Gasteiger partial charge < -0.3 is 10.5 Å². The molecule has 0 aliphatic heterocycles. The minimum atomic E-state index is 0.417. The van der Waals surface area contributed by atoms with E-state index in [1.54, 1.807) is 6.20 Å². The molecule has 2 N–H and O–H groups in total. The number of para-hydroxylation sites is 1. The first-order chi connectivity index (χ1) is 9.65. The van der Waals surface area contributed by atoms with E-state index in [-0.39, 0.29) is 0 Å². The smallest absolute Gasteiger partial charge is 0.243 e. The van der Waals surface area contributed by atoms with Crippen LogP contribution >= 0.6 is 0 Å². The Bertz CT molecular complexity index is 784. The van der Waals surface area contributed by atoms with E-state index in [1.165, 1.54) is 0 Å². The van der Waals surface area contributed by atoms with Crippen LogP contribution in [0.25, 0.3) is 10.9 Å². The maximum Gasteiger partial charge on any atom is 0.243 e. The zero-order valence-corrected chi connectivity index (χ0v) is 11.4. The molecule has 0 saturated heterocycles. The molecule has 0 aliphatic rings. The van der Waals surface area contributed by atoms with E-state index < -0.39 is 0 Å². The molecule has 0 saturated carbocycles. The van der Waals surface area contributed by atoms with E-state index in [0.717, 1.165) is 22.2 Å². The molecule has 3 rings (SSSR count). The largest absolute Gasteiger partial charge is 0.435 e. The molecular formula is C16H15N3O. The summed E-state index contributed by atoms with van der Waals surface area (Å²) in [5, 5.41) is 1.03. The highest BCUT2D eigenvalue weighted by atomic mass is 16.5. The summed E-state index contributed by atoms with van der Waals surface area (Å²) in [6, 6.07) is 11.7. The molecule has 0 fully saturated rings. The Labute approximate surface area is 117 Å². The lowest BCUT2D eigenvalue weighted by molar-refractivity contribution is 0.469. The Morgan fingerprint density at radius 1 is 1.05 bits per heavy atom. The summed E-state index contributed by atoms with van der Waals surface area (Å²) in [5.74, 6) is 1.08. The molecule has 0 aliphatic carbocycles. The number of aryl methyl sites for hydroxylation is 2. The molecule has 0 radical (unpaired) electrons. The number of hydrogen-bond acceptors (Lipinski definition) is 4. The van der Waals surface area contributed by atoms with Crippen LogP contribution in [0.15, 0.2) is 42.6 Å². The summed E-state index contributed by atoms with van der Waals surface area (Å²) >= 11 is 0. The highest BCUT2D eigenvalue weighted by Gasteiger charge is 2.09. The molecule has 1 aromatic carbocycles. The summed E-state index contributed by atoms with van der Waals surface area (Å²) in [4.78, 5) is 8.72. The van der Waals surface area contributed by atoms with Crippen LogP contribution < -0.4 is 10.5 Å². The minimum Gasteiger partial charge on any atom is -0.435 e. The number of benzene rings is 1. The highest BCUT2D eigenvalue weighted by molar-refractivity contribution is 5.85. The zero-order valence-electron chi connectivity index (χ0n) is 11.4. The third-order valence-electron chi connectivity index (χ3n) is 3.20. The van der Waals surface area contributed by atoms with Gasteiger partial charge in [-0.1, -0.05) is 18.2 Å². The van der Waals surface area contributed by atoms with Gasteiger partial charge in [-0.3, -0.25) is 0 Å². The number of anilines is 1. The molecule has 100 valence electrons. The first-order valence-electron chi connectivity index (χ1n) is 6.40. The van der Waals surface area contributed by atoms with Crippen LogP contribution in [0, 0.1) is 13.8 Å². The van der Waals surface area contributed by atoms with E-state index in [0.29, 0.717) is 17.3 Å². The van der Waals surface area contributed by atoms with Gasteiger partial charge in [0, 0.05) is 17.3 Å². The molecule has 0 atom stereocenters. The van der Waals surface area contributed by atoms with Gasteiger partial charge in [0.2, 0.25) is 5.88 Å². The molecule has 4 heteroatoms. The van der Waals surface area contributed by atoms with Crippen molar-refractivity contribution in [2.24, 2.45) is 0 Å². The average molecular weight is 265 g/mol. The van der Waals surface area contributed by atoms with Crippen molar-refractivity contribution in [3.63, 3.8) is 0 Å². The van der Waals surface area contributed by atoms with E-state index in [2.05, 4.69) is 9.97 Å². The van der Waals surface area contributed by atoms with Crippen molar-refractivity contribution in [1.82, 2.24) is 9.97 Å². The van der Waals surface area contributed by atoms with Gasteiger partial charge in [-0.05, 0) is 37.6 Å². The lowest BCUT2D eigenvalue weighted by Crippen LogP contribution is -1.98. The zero-order chi connectivity index (χ0) is 14.1. The van der Waals surface area contributed by atoms with Gasteiger partial charge in [-0.15, -0.1) is 0 Å². The molecule has 0 bridgehead atoms. The number of fused-ring (bicyclic) bond motifs is 1. The van der Waals surface area contributed by atoms with E-state index in [1.807, 2.05) is 50.2 Å². The summed E-state index contributed by atoms with van der Waals surface area (Å²) in [7, 11) is 0. The summed E-state index contributed by atoms with van der Waals surface area (Å²) in [6.45, 7) is 3.88. The molecule has 2 heterocycles. The van der Waals surface area contributed by atoms with Crippen LogP contribution in [0.3, 0.4) is 0 Å². The van der Waals surface area contributed by atoms with Gasteiger partial charge in [0.05, 0.1) is 5.69 Å². The van der Waals surface area contributed by atoms with Gasteiger partial charge in [-0.2, -0.15) is 0 Å². The van der Waals surface area contributed by atoms with Gasteiger partial charge in [0.25, 0.3) is 0 Å². The average Bonchev–Trinajstić information content (AvgIpc) is 2.44. The predicted octanol–water partition coefficient (Wildman–Crippen LogP) is 3.62. The second kappa shape index (κ2) is 4.81. The standard InChI is InChI=1S/C16H15N3O/c1-10-8-9-18-16(14(10)17)20-13-5-3-4-12-7-6-11(2)19-15(12)13/h3-9H,17H2,1-2H3. The van der Waals surface area contributed by atoms with Crippen molar-refractivity contribution < 1.29 is 4.74 Å². The van der Waals surface area contributed by atoms with E-state index in [4.69, 9.17) is 10.5 Å². The van der Waals surface area contributed by atoms with Crippen molar-refractivity contribution in [3.8, 4) is 11.6 Å². The van der Waals surface area contributed by atoms with Gasteiger partial charge in [-0.25, -0.2) is 9.97 Å². The van der Waals surface area contributed by atoms with Gasteiger partial charge in [0.1, 0.15) is 5.52 Å². The van der Waals surface area contributed by atoms with Crippen molar-refractivity contribution >= 4 is 16.6 Å². The van der Waals surface area contributed by atoms with Crippen LogP contribution in [0.1, 0.15) is 11.3 Å². The Hall–Kier alpha value is -2.62. The number of nitrogens with zero attached hydrogens (tertiary/aromatic N) is 2. The number of pyridine rings is 2. The fourth-order valence-corrected chi connectivity index (χ4v) is 2.03. The lowest BCUT2D eigenvalue weighted by Gasteiger charge is -2.10. The summed E-state index contributed by atoms with van der Waals surface area (Å²) < 4.78 is 5.86. The predicted molar refractivity (Wildman–Crippen MR) is 79.9 cm³/mol. The maximum absolute atomic E-state index is 6.00. The van der Waals surface area contributed by atoms with Crippen LogP contribution in [0.2, 0.25) is 0 Å². The fourth-order valence-electron chi connectivity index (χ4n) is 2.03. The first-order valence-corrected chi connectivity index (χ1v) is 6.40. The maximum atomic E-state index is 6.00. The van der Waals surface area contributed by atoms with Crippen molar-refractivity contribution in [2.75, 3.05) is 5.73 Å². The van der Waals surface area contributed by atoms with E-state index >= 15 is 0 Å². The molecule has 3 aromatic rings. The second-order valence-electron chi connectivity index (χ2n) is 4.73. The Kier molecular flexibility index (Phi) is 2.99. The van der Waals surface area contributed by atoms with Crippen LogP contribution in [-0.2, 0) is 0 Å². The lowest BCUT2D eigenvalue weighted by atomic mass is 10.2. The third kappa shape index (κ3) is 2.16. The molecule has 4 nitrogen and oxygen atoms in total. The molecule has 0 amide bonds.